The number of nitrogens with zero attached hydrogens (tertiary/aromatic N) is 3. The average Bonchev–Trinajstić information content (AvgIpc) is 3.07. The summed E-state index contributed by atoms with van der Waals surface area (Å²) in [7, 11) is 0. The van der Waals surface area contributed by atoms with E-state index >= 15 is 0 Å². The van der Waals surface area contributed by atoms with Crippen LogP contribution in [0.4, 0.5) is 4.39 Å². The molecule has 0 radical (unpaired) electrons. The van der Waals surface area contributed by atoms with Gasteiger partial charge in [0.05, 0.1) is 17.7 Å². The van der Waals surface area contributed by atoms with Crippen LogP contribution in [-0.4, -0.2) is 47.4 Å². The zero-order chi connectivity index (χ0) is 17.1. The molecule has 2 saturated heterocycles. The van der Waals surface area contributed by atoms with Crippen LogP contribution in [0.15, 0.2) is 18.2 Å². The molecule has 0 saturated carbocycles. The number of rotatable bonds is 4. The van der Waals surface area contributed by atoms with Crippen molar-refractivity contribution in [3.8, 4) is 6.07 Å². The van der Waals surface area contributed by atoms with Crippen molar-refractivity contribution in [1.82, 2.24) is 9.80 Å². The first kappa shape index (κ1) is 16.9. The molecule has 2 heterocycles. The van der Waals surface area contributed by atoms with Crippen molar-refractivity contribution < 1.29 is 9.18 Å². The summed E-state index contributed by atoms with van der Waals surface area (Å²) in [5.41, 5.74) is 6.49. The molecule has 0 spiro atoms. The lowest BCUT2D eigenvalue weighted by molar-refractivity contribution is -0.123. The van der Waals surface area contributed by atoms with E-state index in [1.807, 2.05) is 6.07 Å². The van der Waals surface area contributed by atoms with Gasteiger partial charge in [-0.05, 0) is 57.5 Å². The molecule has 3 rings (SSSR count). The lowest BCUT2D eigenvalue weighted by Gasteiger charge is -2.38. The number of carbonyl (C=O) groups excluding carboxylic acids is 1. The molecule has 1 unspecified atom stereocenters. The van der Waals surface area contributed by atoms with Crippen LogP contribution in [0.1, 0.15) is 36.8 Å². The van der Waals surface area contributed by atoms with Gasteiger partial charge in [-0.1, -0.05) is 6.07 Å². The van der Waals surface area contributed by atoms with Crippen LogP contribution in [0.25, 0.3) is 0 Å². The fraction of sp³-hybridized carbons (Fsp3) is 0.556. The van der Waals surface area contributed by atoms with Gasteiger partial charge in [0.25, 0.3) is 0 Å². The molecule has 128 valence electrons. The number of primary amides is 1. The number of carbonyl (C=O) groups is 1. The van der Waals surface area contributed by atoms with Crippen LogP contribution in [0.5, 0.6) is 0 Å². The predicted molar refractivity (Wildman–Crippen MR) is 88.3 cm³/mol. The maximum absolute atomic E-state index is 14.0. The summed E-state index contributed by atoms with van der Waals surface area (Å²) in [6, 6.07) is 6.89. The molecule has 2 fully saturated rings. The van der Waals surface area contributed by atoms with Crippen molar-refractivity contribution in [2.24, 2.45) is 5.73 Å². The smallest absolute Gasteiger partial charge is 0.234 e. The van der Waals surface area contributed by atoms with Gasteiger partial charge >= 0.3 is 0 Å². The van der Waals surface area contributed by atoms with E-state index in [1.54, 1.807) is 12.1 Å². The fourth-order valence-corrected chi connectivity index (χ4v) is 3.93. The van der Waals surface area contributed by atoms with Crippen LogP contribution in [0.3, 0.4) is 0 Å². The van der Waals surface area contributed by atoms with Gasteiger partial charge in [0.2, 0.25) is 5.91 Å². The second-order valence-electron chi connectivity index (χ2n) is 6.72. The summed E-state index contributed by atoms with van der Waals surface area (Å²) in [5.74, 6) is -0.529. The van der Waals surface area contributed by atoms with Gasteiger partial charge in [0, 0.05) is 18.2 Å². The molecule has 5 nitrogen and oxygen atoms in total. The molecule has 1 aromatic carbocycles. The average molecular weight is 330 g/mol. The topological polar surface area (TPSA) is 73.4 Å². The highest BCUT2D eigenvalue weighted by Gasteiger charge is 2.35. The van der Waals surface area contributed by atoms with Crippen molar-refractivity contribution in [2.45, 2.75) is 44.3 Å². The molecule has 2 N–H and O–H groups in total. The quantitative estimate of drug-likeness (QED) is 0.910. The first-order chi connectivity index (χ1) is 11.6. The standard InChI is InChI=1S/C18H23FN4O/c19-16-10-13(11-20)3-4-14(16)12-22-8-5-15(6-9-22)23-7-1-2-17(23)18(21)24/h3-4,10,15,17H,1-2,5-9,12H2,(H2,21,24). The summed E-state index contributed by atoms with van der Waals surface area (Å²) in [4.78, 5) is 16.1. The number of benzene rings is 1. The highest BCUT2D eigenvalue weighted by molar-refractivity contribution is 5.80. The minimum Gasteiger partial charge on any atom is -0.368 e. The molecular weight excluding hydrogens is 307 g/mol. The van der Waals surface area contributed by atoms with Crippen molar-refractivity contribution in [2.75, 3.05) is 19.6 Å². The number of hydrogen-bond acceptors (Lipinski definition) is 4. The zero-order valence-corrected chi connectivity index (χ0v) is 13.7. The van der Waals surface area contributed by atoms with Crippen molar-refractivity contribution in [3.63, 3.8) is 0 Å². The van der Waals surface area contributed by atoms with E-state index in [9.17, 15) is 9.18 Å². The number of likely N-dealkylation sites (tertiary alicyclic amines) is 2. The van der Waals surface area contributed by atoms with Gasteiger partial charge in [-0.2, -0.15) is 5.26 Å². The first-order valence-corrected chi connectivity index (χ1v) is 8.54. The third kappa shape index (κ3) is 3.58. The minimum absolute atomic E-state index is 0.113. The van der Waals surface area contributed by atoms with E-state index in [1.165, 1.54) is 6.07 Å². The Morgan fingerprint density at radius 1 is 1.29 bits per heavy atom. The number of hydrogen-bond donors (Lipinski definition) is 1. The Bertz CT molecular complexity index is 649. The molecule has 24 heavy (non-hydrogen) atoms. The fourth-order valence-electron chi connectivity index (χ4n) is 3.93. The van der Waals surface area contributed by atoms with Gasteiger partial charge in [-0.25, -0.2) is 4.39 Å². The third-order valence-electron chi connectivity index (χ3n) is 5.22. The largest absolute Gasteiger partial charge is 0.368 e. The van der Waals surface area contributed by atoms with Gasteiger partial charge in [-0.3, -0.25) is 14.6 Å². The van der Waals surface area contributed by atoms with Crippen LogP contribution >= 0.6 is 0 Å². The van der Waals surface area contributed by atoms with E-state index < -0.39 is 0 Å². The second-order valence-corrected chi connectivity index (χ2v) is 6.72. The molecule has 0 bridgehead atoms. The molecule has 0 aromatic heterocycles. The Kier molecular flexibility index (Phi) is 5.12. The van der Waals surface area contributed by atoms with Crippen molar-refractivity contribution in [3.05, 3.63) is 35.1 Å². The van der Waals surface area contributed by atoms with Crippen LogP contribution < -0.4 is 5.73 Å². The molecule has 1 aromatic rings. The maximum atomic E-state index is 14.0. The highest BCUT2D eigenvalue weighted by Crippen LogP contribution is 2.26. The van der Waals surface area contributed by atoms with Gasteiger partial charge in [0.15, 0.2) is 0 Å². The van der Waals surface area contributed by atoms with Crippen LogP contribution in [0, 0.1) is 17.1 Å². The summed E-state index contributed by atoms with van der Waals surface area (Å²) < 4.78 is 14.0. The van der Waals surface area contributed by atoms with Gasteiger partial charge in [-0.15, -0.1) is 0 Å². The Hall–Kier alpha value is -1.97. The van der Waals surface area contributed by atoms with E-state index in [-0.39, 0.29) is 17.8 Å². The second kappa shape index (κ2) is 7.29. The molecule has 2 aliphatic heterocycles. The Balaban J connectivity index is 1.56. The van der Waals surface area contributed by atoms with Crippen molar-refractivity contribution in [1.29, 1.82) is 5.26 Å². The van der Waals surface area contributed by atoms with Crippen LogP contribution in [-0.2, 0) is 11.3 Å². The Morgan fingerprint density at radius 3 is 2.67 bits per heavy atom. The summed E-state index contributed by atoms with van der Waals surface area (Å²) >= 11 is 0. The predicted octanol–water partition coefficient (Wildman–Crippen LogP) is 1.61. The normalized spacial score (nSPS) is 23.2. The van der Waals surface area contributed by atoms with Crippen LogP contribution in [0.2, 0.25) is 0 Å². The summed E-state index contributed by atoms with van der Waals surface area (Å²) in [5, 5.41) is 8.80. The molecule has 1 amide bonds. The number of piperidine rings is 1. The molecular formula is C18H23FN4O. The lowest BCUT2D eigenvalue weighted by Crippen LogP contribution is -2.50. The first-order valence-electron chi connectivity index (χ1n) is 8.54. The number of halogens is 1. The number of nitrogens with two attached hydrogens (primary N) is 1. The minimum atomic E-state index is -0.315. The van der Waals surface area contributed by atoms with E-state index in [0.717, 1.165) is 45.3 Å². The van der Waals surface area contributed by atoms with Gasteiger partial charge in [0.1, 0.15) is 5.82 Å². The summed E-state index contributed by atoms with van der Waals surface area (Å²) in [6.07, 6.45) is 3.85. The number of amides is 1. The SMILES string of the molecule is N#Cc1ccc(CN2CCC(N3CCCC3C(N)=O)CC2)c(F)c1. The molecule has 6 heteroatoms. The maximum Gasteiger partial charge on any atom is 0.234 e. The third-order valence-corrected chi connectivity index (χ3v) is 5.22. The lowest BCUT2D eigenvalue weighted by atomic mass is 10.0. The monoisotopic (exact) mass is 330 g/mol. The Labute approximate surface area is 141 Å². The van der Waals surface area contributed by atoms with Crippen molar-refractivity contribution >= 4 is 5.91 Å². The van der Waals surface area contributed by atoms with Gasteiger partial charge < -0.3 is 5.73 Å². The van der Waals surface area contributed by atoms with E-state index in [0.29, 0.717) is 23.7 Å². The molecule has 2 aliphatic rings. The molecule has 1 atom stereocenters. The molecule has 0 aliphatic carbocycles. The van der Waals surface area contributed by atoms with E-state index in [2.05, 4.69) is 9.80 Å². The van der Waals surface area contributed by atoms with E-state index in [4.69, 9.17) is 11.0 Å². The Morgan fingerprint density at radius 2 is 2.04 bits per heavy atom. The highest BCUT2D eigenvalue weighted by atomic mass is 19.1. The number of nitriles is 1. The summed E-state index contributed by atoms with van der Waals surface area (Å²) in [6.45, 7) is 3.27. The zero-order valence-electron chi connectivity index (χ0n) is 13.7.